The van der Waals surface area contributed by atoms with Gasteiger partial charge >= 0.3 is 0 Å². The summed E-state index contributed by atoms with van der Waals surface area (Å²) >= 11 is 0. The van der Waals surface area contributed by atoms with E-state index in [1.807, 2.05) is 91.0 Å². The summed E-state index contributed by atoms with van der Waals surface area (Å²) < 4.78 is 9.01. The minimum absolute atomic E-state index is 0.219. The third-order valence-electron chi connectivity index (χ3n) is 16.3. The largest absolute Gasteiger partial charge is 0.309 e. The minimum atomic E-state index is 0.219. The summed E-state index contributed by atoms with van der Waals surface area (Å²) in [6, 6.07) is 92.1. The molecule has 5 aromatic heterocycles. The summed E-state index contributed by atoms with van der Waals surface area (Å²) in [6.07, 6.45) is 0. The summed E-state index contributed by atoms with van der Waals surface area (Å²) in [5.74, 6) is 0.400. The van der Waals surface area contributed by atoms with Gasteiger partial charge in [-0.25, -0.2) is 9.97 Å². The van der Waals surface area contributed by atoms with Gasteiger partial charge in [0.1, 0.15) is 23.8 Å². The second-order valence-electron chi connectivity index (χ2n) is 20.6. The number of para-hydroxylation sites is 6. The van der Waals surface area contributed by atoms with Crippen molar-refractivity contribution >= 4 is 87.2 Å². The van der Waals surface area contributed by atoms with Crippen molar-refractivity contribution in [1.82, 2.24) is 28.2 Å². The highest BCUT2D eigenvalue weighted by atomic mass is 15.0. The van der Waals surface area contributed by atoms with E-state index in [1.54, 1.807) is 0 Å². The van der Waals surface area contributed by atoms with Gasteiger partial charge in [0, 0.05) is 71.2 Å². The van der Waals surface area contributed by atoms with Crippen molar-refractivity contribution in [3.8, 4) is 74.9 Å². The van der Waals surface area contributed by atoms with E-state index in [4.69, 9.17) is 9.97 Å². The molecule has 0 amide bonds. The predicted octanol–water partition coefficient (Wildman–Crippen LogP) is 17.5. The molecule has 16 aromatic rings. The molecule has 0 bridgehead atoms. The molecule has 0 saturated heterocycles. The lowest BCUT2D eigenvalue weighted by molar-refractivity contribution is 1.15. The normalized spacial score (nSPS) is 11.6. The van der Waals surface area contributed by atoms with Crippen LogP contribution in [0.5, 0.6) is 0 Å². The first-order valence-corrected chi connectivity index (χ1v) is 27.1. The number of hydrogen-bond acceptors (Lipinski definition) is 5. The predicted molar refractivity (Wildman–Crippen MR) is 330 cm³/mol. The van der Waals surface area contributed by atoms with Gasteiger partial charge in [0.15, 0.2) is 5.82 Å². The van der Waals surface area contributed by atoms with E-state index in [0.717, 1.165) is 104 Å². The first kappa shape index (κ1) is 46.3. The van der Waals surface area contributed by atoms with Gasteiger partial charge in [0.05, 0.1) is 78.0 Å². The van der Waals surface area contributed by atoms with Gasteiger partial charge in [-0.3, -0.25) is 0 Å². The highest BCUT2D eigenvalue weighted by Crippen LogP contribution is 2.46. The van der Waals surface area contributed by atoms with Crippen molar-refractivity contribution < 1.29 is 0 Å². The Kier molecular flexibility index (Phi) is 10.2. The molecule has 378 valence electrons. The van der Waals surface area contributed by atoms with Crippen molar-refractivity contribution in [2.75, 3.05) is 0 Å². The molecule has 0 unspecified atom stereocenters. The van der Waals surface area contributed by atoms with Gasteiger partial charge < -0.3 is 18.3 Å². The molecule has 0 aliphatic rings. The van der Waals surface area contributed by atoms with Crippen molar-refractivity contribution in [2.24, 2.45) is 0 Å². The van der Waals surface area contributed by atoms with E-state index in [1.165, 1.54) is 0 Å². The van der Waals surface area contributed by atoms with Gasteiger partial charge in [-0.05, 0) is 97.1 Å². The molecule has 9 heteroatoms. The van der Waals surface area contributed by atoms with Crippen LogP contribution in [0.3, 0.4) is 0 Å². The van der Waals surface area contributed by atoms with E-state index >= 15 is 0 Å². The number of nitriles is 3. The second kappa shape index (κ2) is 18.1. The Morgan fingerprint density at radius 2 is 0.610 bits per heavy atom. The number of rotatable bonds is 7. The van der Waals surface area contributed by atoms with E-state index in [-0.39, 0.29) is 5.56 Å². The van der Waals surface area contributed by atoms with Gasteiger partial charge in [0.25, 0.3) is 0 Å². The van der Waals surface area contributed by atoms with Gasteiger partial charge in [-0.2, -0.15) is 15.8 Å². The number of nitrogens with zero attached hydrogens (tertiary/aromatic N) is 9. The van der Waals surface area contributed by atoms with Crippen LogP contribution in [-0.2, 0) is 0 Å². The van der Waals surface area contributed by atoms with Crippen LogP contribution in [0, 0.1) is 34.0 Å². The quantitative estimate of drug-likeness (QED) is 0.158. The van der Waals surface area contributed by atoms with Crippen LogP contribution < -0.4 is 0 Å². The number of benzene rings is 11. The summed E-state index contributed by atoms with van der Waals surface area (Å²) in [7, 11) is 0. The molecule has 0 atom stereocenters. The highest BCUT2D eigenvalue weighted by Gasteiger charge is 2.26. The number of fused-ring (bicyclic) bond motifs is 14. The molecule has 0 aliphatic heterocycles. The third-order valence-corrected chi connectivity index (χ3v) is 16.3. The van der Waals surface area contributed by atoms with E-state index in [0.29, 0.717) is 50.8 Å². The molecule has 0 saturated carbocycles. The number of hydrogen-bond donors (Lipinski definition) is 0. The molecule has 0 fully saturated rings. The summed E-state index contributed by atoms with van der Waals surface area (Å²) in [5.41, 5.74) is 15.5. The fourth-order valence-corrected chi connectivity index (χ4v) is 12.9. The van der Waals surface area contributed by atoms with Crippen molar-refractivity contribution in [3.05, 3.63) is 265 Å². The van der Waals surface area contributed by atoms with E-state index in [9.17, 15) is 15.8 Å². The molecule has 0 spiro atoms. The summed E-state index contributed by atoms with van der Waals surface area (Å²) in [5, 5.41) is 42.6. The molecule has 0 radical (unpaired) electrons. The van der Waals surface area contributed by atoms with Crippen LogP contribution in [0.4, 0.5) is 0 Å². The molecule has 0 aliphatic carbocycles. The van der Waals surface area contributed by atoms with Crippen molar-refractivity contribution in [2.45, 2.75) is 0 Å². The zero-order valence-corrected chi connectivity index (χ0v) is 43.7. The topological polar surface area (TPSA) is 117 Å². The average molecular weight is 1040 g/mol. The van der Waals surface area contributed by atoms with Gasteiger partial charge in [0.2, 0.25) is 0 Å². The third kappa shape index (κ3) is 6.71. The molecule has 9 nitrogen and oxygen atoms in total. The number of aromatic nitrogens is 6. The highest BCUT2D eigenvalue weighted by molar-refractivity contribution is 6.30. The van der Waals surface area contributed by atoms with E-state index < -0.39 is 0 Å². The molecule has 5 heterocycles. The van der Waals surface area contributed by atoms with Crippen LogP contribution in [-0.4, -0.2) is 28.2 Å². The van der Waals surface area contributed by atoms with Crippen LogP contribution in [0.1, 0.15) is 16.7 Å². The monoisotopic (exact) mass is 1040 g/mol. The average Bonchev–Trinajstić information content (AvgIpc) is 3.73. The molecule has 11 aromatic carbocycles. The fourth-order valence-electron chi connectivity index (χ4n) is 12.9. The molecule has 82 heavy (non-hydrogen) atoms. The zero-order valence-electron chi connectivity index (χ0n) is 43.7. The standard InChI is InChI=1S/C73H41N9/c74-42-48-40-46(32-34-57(48)81-61-30-16-12-26-54(61)69-65(81)38-36-63-67(69)52-24-10-14-28-59(52)79(63)50-20-6-2-7-21-50)71-56(44-76)72(78-73(77-71)45-18-4-1-5-19-45)47-33-35-58(49(41-47)43-75)82-62-31-17-13-27-55(62)70-66(82)39-37-64-68(70)53-25-11-15-29-60(53)80(64)51-22-8-3-9-23-51/h1-41H. The Hall–Kier alpha value is -11.8. The van der Waals surface area contributed by atoms with E-state index in [2.05, 4.69) is 194 Å². The maximum absolute atomic E-state index is 11.3. The van der Waals surface area contributed by atoms with Gasteiger partial charge in [-0.1, -0.05) is 152 Å². The van der Waals surface area contributed by atoms with Crippen LogP contribution in [0.2, 0.25) is 0 Å². The Labute approximate surface area is 469 Å². The Bertz CT molecular complexity index is 5170. The second-order valence-corrected chi connectivity index (χ2v) is 20.6. The molecular weight excluding hydrogens is 1000 g/mol. The Morgan fingerprint density at radius 3 is 0.976 bits per heavy atom. The SMILES string of the molecule is N#Cc1cc(-c2nc(-c3ccccc3)nc(-c3ccc(-n4c5ccccc5c5c6c7ccccc7n(-c7ccccc7)c6ccc54)c(C#N)c3)c2C#N)ccc1-n1c2ccccc2c2c3c4ccccc4n(-c4ccccc4)c3ccc21. The Morgan fingerprint density at radius 1 is 0.280 bits per heavy atom. The fraction of sp³-hybridized carbons (Fsp3) is 0. The maximum atomic E-state index is 11.3. The lowest BCUT2D eigenvalue weighted by atomic mass is 9.97. The van der Waals surface area contributed by atoms with Gasteiger partial charge in [-0.15, -0.1) is 0 Å². The molecular formula is C73H41N9. The molecule has 16 rings (SSSR count). The molecule has 0 N–H and O–H groups in total. The lowest BCUT2D eigenvalue weighted by Gasteiger charge is -2.16. The first-order chi connectivity index (χ1) is 40.6. The summed E-state index contributed by atoms with van der Waals surface area (Å²) in [4.78, 5) is 10.3. The minimum Gasteiger partial charge on any atom is -0.309 e. The van der Waals surface area contributed by atoms with Crippen molar-refractivity contribution in [3.63, 3.8) is 0 Å². The van der Waals surface area contributed by atoms with Crippen LogP contribution in [0.15, 0.2) is 249 Å². The zero-order chi connectivity index (χ0) is 54.6. The Balaban J connectivity index is 0.871. The van der Waals surface area contributed by atoms with Crippen LogP contribution >= 0.6 is 0 Å². The first-order valence-electron chi connectivity index (χ1n) is 27.1. The maximum Gasteiger partial charge on any atom is 0.160 e. The van der Waals surface area contributed by atoms with Crippen molar-refractivity contribution in [1.29, 1.82) is 15.8 Å². The lowest BCUT2D eigenvalue weighted by Crippen LogP contribution is -2.03. The smallest absolute Gasteiger partial charge is 0.160 e. The summed E-state index contributed by atoms with van der Waals surface area (Å²) in [6.45, 7) is 0. The van der Waals surface area contributed by atoms with Crippen LogP contribution in [0.25, 0.3) is 144 Å².